The number of aromatic nitrogens is 2. The van der Waals surface area contributed by atoms with Gasteiger partial charge in [-0.2, -0.15) is 0 Å². The Hall–Kier alpha value is -3.44. The number of nitrogens with one attached hydrogen (secondary N) is 1. The van der Waals surface area contributed by atoms with Crippen molar-refractivity contribution in [3.63, 3.8) is 0 Å². The van der Waals surface area contributed by atoms with Gasteiger partial charge in [0, 0.05) is 30.8 Å². The summed E-state index contributed by atoms with van der Waals surface area (Å²) >= 11 is 0. The van der Waals surface area contributed by atoms with E-state index >= 15 is 0 Å². The minimum atomic E-state index is -1.09. The Labute approximate surface area is 168 Å². The van der Waals surface area contributed by atoms with E-state index in [0.29, 0.717) is 35.2 Å². The number of carbonyl (C=O) groups excluding carboxylic acids is 2. The Balaban J connectivity index is 1.59. The van der Waals surface area contributed by atoms with Crippen molar-refractivity contribution in [3.8, 4) is 23.2 Å². The number of aliphatic hydroxyl groups excluding tert-OH is 1. The van der Waals surface area contributed by atoms with E-state index in [1.807, 2.05) is 18.2 Å². The van der Waals surface area contributed by atoms with Crippen molar-refractivity contribution >= 4 is 17.5 Å². The molecule has 2 aliphatic rings. The summed E-state index contributed by atoms with van der Waals surface area (Å²) in [6.07, 6.45) is 2.59. The van der Waals surface area contributed by atoms with Gasteiger partial charge >= 0.3 is 0 Å². The van der Waals surface area contributed by atoms with Gasteiger partial charge in [-0.15, -0.1) is 0 Å². The van der Waals surface area contributed by atoms with Gasteiger partial charge in [0.2, 0.25) is 0 Å². The first-order chi connectivity index (χ1) is 13.9. The third kappa shape index (κ3) is 4.05. The SMILES string of the molecule is CN1C[C@@H](C#Cc2cccc(-c3ncc(NC4CC4)c(C(N)=O)n3)c2)[C@H](O)C1=O. The molecular weight excluding hydrogens is 370 g/mol. The number of hydrogen-bond donors (Lipinski definition) is 3. The molecule has 8 nitrogen and oxygen atoms in total. The van der Waals surface area contributed by atoms with Crippen LogP contribution in [-0.2, 0) is 4.79 Å². The third-order valence-corrected chi connectivity index (χ3v) is 4.96. The van der Waals surface area contributed by atoms with Crippen LogP contribution in [0.15, 0.2) is 30.5 Å². The van der Waals surface area contributed by atoms with E-state index in [1.54, 1.807) is 19.3 Å². The van der Waals surface area contributed by atoms with Crippen LogP contribution >= 0.6 is 0 Å². The lowest BCUT2D eigenvalue weighted by Gasteiger charge is -2.09. The fourth-order valence-electron chi connectivity index (χ4n) is 3.18. The molecule has 2 atom stereocenters. The second-order valence-electron chi connectivity index (χ2n) is 7.36. The summed E-state index contributed by atoms with van der Waals surface area (Å²) in [6, 6.07) is 7.60. The summed E-state index contributed by atoms with van der Waals surface area (Å²) in [7, 11) is 1.64. The van der Waals surface area contributed by atoms with Crippen molar-refractivity contribution < 1.29 is 14.7 Å². The normalized spacial score (nSPS) is 20.9. The van der Waals surface area contributed by atoms with Gasteiger partial charge < -0.3 is 21.1 Å². The molecule has 2 aromatic rings. The molecule has 8 heteroatoms. The van der Waals surface area contributed by atoms with Crippen LogP contribution in [-0.4, -0.2) is 57.5 Å². The van der Waals surface area contributed by atoms with Crippen LogP contribution < -0.4 is 11.1 Å². The van der Waals surface area contributed by atoms with Crippen LogP contribution in [0.1, 0.15) is 28.9 Å². The van der Waals surface area contributed by atoms with Crippen LogP contribution in [0.3, 0.4) is 0 Å². The van der Waals surface area contributed by atoms with Crippen LogP contribution in [0.5, 0.6) is 0 Å². The Bertz CT molecular complexity index is 1040. The van der Waals surface area contributed by atoms with Gasteiger partial charge in [0.25, 0.3) is 11.8 Å². The molecule has 2 amide bonds. The van der Waals surface area contributed by atoms with Crippen LogP contribution in [0.25, 0.3) is 11.4 Å². The third-order valence-electron chi connectivity index (χ3n) is 4.96. The lowest BCUT2D eigenvalue weighted by molar-refractivity contribution is -0.133. The highest BCUT2D eigenvalue weighted by molar-refractivity contribution is 5.96. The second-order valence-corrected chi connectivity index (χ2v) is 7.36. The zero-order valence-corrected chi connectivity index (χ0v) is 15.9. The van der Waals surface area contributed by atoms with Crippen molar-refractivity contribution in [2.24, 2.45) is 11.7 Å². The summed E-state index contributed by atoms with van der Waals surface area (Å²) in [5.74, 6) is 4.99. The van der Waals surface area contributed by atoms with Gasteiger partial charge in [0.1, 0.15) is 6.10 Å². The Morgan fingerprint density at radius 3 is 2.83 bits per heavy atom. The van der Waals surface area contributed by atoms with Crippen molar-refractivity contribution in [1.29, 1.82) is 0 Å². The maximum absolute atomic E-state index is 11.8. The van der Waals surface area contributed by atoms with E-state index in [1.165, 1.54) is 4.90 Å². The smallest absolute Gasteiger partial charge is 0.269 e. The fourth-order valence-corrected chi connectivity index (χ4v) is 3.18. The summed E-state index contributed by atoms with van der Waals surface area (Å²) in [5, 5.41) is 13.2. The van der Waals surface area contributed by atoms with Gasteiger partial charge in [-0.25, -0.2) is 9.97 Å². The zero-order valence-electron chi connectivity index (χ0n) is 15.9. The molecule has 0 unspecified atom stereocenters. The lowest BCUT2D eigenvalue weighted by Crippen LogP contribution is -2.25. The summed E-state index contributed by atoms with van der Waals surface area (Å²) in [6.45, 7) is 0.396. The maximum Gasteiger partial charge on any atom is 0.269 e. The van der Waals surface area contributed by atoms with Crippen LogP contribution in [0.4, 0.5) is 5.69 Å². The standard InChI is InChI=1S/C21H21N5O3/c1-26-11-14(18(27)21(26)29)6-5-12-3-2-4-13(9-12)20-23-10-16(24-15-7-8-15)17(25-20)19(22)28/h2-4,9-10,14-15,18,24,27H,7-8,11H2,1H3,(H2,22,28)/t14-,18+/m1/s1. The first kappa shape index (κ1) is 18.9. The molecule has 4 rings (SSSR count). The van der Waals surface area contributed by atoms with E-state index in [-0.39, 0.29) is 11.6 Å². The number of aliphatic hydroxyl groups is 1. The molecule has 148 valence electrons. The van der Waals surface area contributed by atoms with E-state index < -0.39 is 17.9 Å². The fraction of sp³-hybridized carbons (Fsp3) is 0.333. The highest BCUT2D eigenvalue weighted by Crippen LogP contribution is 2.27. The van der Waals surface area contributed by atoms with Gasteiger partial charge in [-0.3, -0.25) is 9.59 Å². The number of anilines is 1. The number of nitrogens with two attached hydrogens (primary N) is 1. The van der Waals surface area contributed by atoms with Gasteiger partial charge in [0.05, 0.1) is 17.8 Å². The highest BCUT2D eigenvalue weighted by Gasteiger charge is 2.35. The summed E-state index contributed by atoms with van der Waals surface area (Å²) in [5.41, 5.74) is 7.59. The molecule has 0 spiro atoms. The minimum Gasteiger partial charge on any atom is -0.382 e. The van der Waals surface area contributed by atoms with Crippen molar-refractivity contribution in [3.05, 3.63) is 41.7 Å². The highest BCUT2D eigenvalue weighted by atomic mass is 16.3. The molecule has 29 heavy (non-hydrogen) atoms. The molecule has 1 aromatic heterocycles. The number of hydrogen-bond acceptors (Lipinski definition) is 6. The van der Waals surface area contributed by atoms with Gasteiger partial charge in [0.15, 0.2) is 11.5 Å². The molecule has 1 aliphatic carbocycles. The first-order valence-corrected chi connectivity index (χ1v) is 9.41. The van der Waals surface area contributed by atoms with E-state index in [9.17, 15) is 14.7 Å². The molecule has 0 bridgehead atoms. The average Bonchev–Trinajstić information content (AvgIpc) is 3.50. The van der Waals surface area contributed by atoms with Crippen LogP contribution in [0, 0.1) is 17.8 Å². The minimum absolute atomic E-state index is 0.161. The number of likely N-dealkylation sites (tertiary alicyclic amines) is 1. The van der Waals surface area contributed by atoms with E-state index in [2.05, 4.69) is 27.1 Å². The Kier molecular flexibility index (Phi) is 4.91. The monoisotopic (exact) mass is 391 g/mol. The number of carbonyl (C=O) groups is 2. The molecule has 4 N–H and O–H groups in total. The van der Waals surface area contributed by atoms with E-state index in [4.69, 9.17) is 5.73 Å². The molecule has 1 aromatic carbocycles. The number of likely N-dealkylation sites (N-methyl/N-ethyl adjacent to an activating group) is 1. The summed E-state index contributed by atoms with van der Waals surface area (Å²) in [4.78, 5) is 33.7. The molecule has 2 heterocycles. The van der Waals surface area contributed by atoms with Crippen molar-refractivity contribution in [1.82, 2.24) is 14.9 Å². The van der Waals surface area contributed by atoms with Gasteiger partial charge in [-0.1, -0.05) is 24.0 Å². The quantitative estimate of drug-likeness (QED) is 0.657. The van der Waals surface area contributed by atoms with Gasteiger partial charge in [-0.05, 0) is 25.0 Å². The molecule has 1 aliphatic heterocycles. The number of rotatable bonds is 4. The number of amides is 2. The van der Waals surface area contributed by atoms with Crippen LogP contribution in [0.2, 0.25) is 0 Å². The average molecular weight is 391 g/mol. The molecule has 0 radical (unpaired) electrons. The molecule has 2 fully saturated rings. The van der Waals surface area contributed by atoms with E-state index in [0.717, 1.165) is 12.8 Å². The number of nitrogens with zero attached hydrogens (tertiary/aromatic N) is 3. The predicted molar refractivity (Wildman–Crippen MR) is 107 cm³/mol. The molecule has 1 saturated heterocycles. The lowest BCUT2D eigenvalue weighted by atomic mass is 10.1. The predicted octanol–water partition coefficient (Wildman–Crippen LogP) is 0.617. The molecule has 1 saturated carbocycles. The number of primary amides is 1. The second kappa shape index (κ2) is 7.53. The summed E-state index contributed by atoms with van der Waals surface area (Å²) < 4.78 is 0. The van der Waals surface area contributed by atoms with Crippen molar-refractivity contribution in [2.75, 3.05) is 18.9 Å². The Morgan fingerprint density at radius 2 is 2.17 bits per heavy atom. The zero-order chi connectivity index (χ0) is 20.5. The molecular formula is C21H21N5O3. The largest absolute Gasteiger partial charge is 0.382 e. The van der Waals surface area contributed by atoms with Crippen molar-refractivity contribution in [2.45, 2.75) is 25.0 Å². The topological polar surface area (TPSA) is 121 Å². The maximum atomic E-state index is 11.8. The Morgan fingerprint density at radius 1 is 1.38 bits per heavy atom. The number of benzene rings is 1. The first-order valence-electron chi connectivity index (χ1n) is 9.41.